The SMILES string of the molecule is Fc1ccc2ncnc(N3CCC(OC4CCOCC4)CC3)c2c1. The van der Waals surface area contributed by atoms with Gasteiger partial charge in [0.25, 0.3) is 0 Å². The number of rotatable bonds is 3. The second-order valence-corrected chi connectivity index (χ2v) is 6.49. The van der Waals surface area contributed by atoms with E-state index in [-0.39, 0.29) is 5.82 Å². The Morgan fingerprint density at radius 2 is 1.79 bits per heavy atom. The lowest BCUT2D eigenvalue weighted by atomic mass is 10.1. The van der Waals surface area contributed by atoms with Gasteiger partial charge in [-0.1, -0.05) is 0 Å². The molecule has 0 amide bonds. The van der Waals surface area contributed by atoms with Gasteiger partial charge in [0, 0.05) is 31.7 Å². The minimum atomic E-state index is -0.253. The lowest BCUT2D eigenvalue weighted by Gasteiger charge is -2.35. The number of aromatic nitrogens is 2. The van der Waals surface area contributed by atoms with E-state index in [1.807, 2.05) is 0 Å². The zero-order valence-corrected chi connectivity index (χ0v) is 13.7. The maximum atomic E-state index is 13.6. The summed E-state index contributed by atoms with van der Waals surface area (Å²) in [7, 11) is 0. The summed E-state index contributed by atoms with van der Waals surface area (Å²) in [6.45, 7) is 3.36. The molecule has 0 unspecified atom stereocenters. The van der Waals surface area contributed by atoms with Crippen LogP contribution in [-0.4, -0.2) is 48.5 Å². The average Bonchev–Trinajstić information content (AvgIpc) is 2.63. The quantitative estimate of drug-likeness (QED) is 0.865. The molecule has 6 heteroatoms. The monoisotopic (exact) mass is 331 g/mol. The molecule has 2 aromatic rings. The molecular weight excluding hydrogens is 309 g/mol. The summed E-state index contributed by atoms with van der Waals surface area (Å²) >= 11 is 0. The Hall–Kier alpha value is -1.79. The molecule has 4 rings (SSSR count). The molecule has 0 atom stereocenters. The minimum Gasteiger partial charge on any atom is -0.381 e. The molecule has 2 aliphatic rings. The molecular formula is C18H22FN3O2. The third-order valence-corrected chi connectivity index (χ3v) is 4.87. The molecule has 0 bridgehead atoms. The van der Waals surface area contributed by atoms with Gasteiger partial charge in [-0.25, -0.2) is 14.4 Å². The van der Waals surface area contributed by atoms with Gasteiger partial charge in [-0.05, 0) is 43.9 Å². The zero-order chi connectivity index (χ0) is 16.4. The second kappa shape index (κ2) is 6.99. The predicted molar refractivity (Wildman–Crippen MR) is 89.7 cm³/mol. The van der Waals surface area contributed by atoms with Gasteiger partial charge in [0.05, 0.1) is 17.7 Å². The topological polar surface area (TPSA) is 47.5 Å². The first-order valence-electron chi connectivity index (χ1n) is 8.68. The lowest BCUT2D eigenvalue weighted by Crippen LogP contribution is -2.40. The van der Waals surface area contributed by atoms with E-state index in [9.17, 15) is 4.39 Å². The van der Waals surface area contributed by atoms with Gasteiger partial charge in [0.2, 0.25) is 0 Å². The summed E-state index contributed by atoms with van der Waals surface area (Å²) in [5, 5.41) is 0.779. The van der Waals surface area contributed by atoms with Gasteiger partial charge in [0.1, 0.15) is 18.0 Å². The van der Waals surface area contributed by atoms with Gasteiger partial charge in [-0.3, -0.25) is 0 Å². The van der Waals surface area contributed by atoms with Crippen LogP contribution in [0.25, 0.3) is 10.9 Å². The molecule has 5 nitrogen and oxygen atoms in total. The van der Waals surface area contributed by atoms with Crippen molar-refractivity contribution >= 4 is 16.7 Å². The third-order valence-electron chi connectivity index (χ3n) is 4.87. The first-order valence-corrected chi connectivity index (χ1v) is 8.68. The molecule has 0 aliphatic carbocycles. The van der Waals surface area contributed by atoms with Crippen LogP contribution in [0.15, 0.2) is 24.5 Å². The Bertz CT molecular complexity index is 698. The van der Waals surface area contributed by atoms with Crippen LogP contribution < -0.4 is 4.90 Å². The first kappa shape index (κ1) is 15.7. The van der Waals surface area contributed by atoms with Crippen molar-refractivity contribution in [1.29, 1.82) is 0 Å². The van der Waals surface area contributed by atoms with Crippen LogP contribution in [-0.2, 0) is 9.47 Å². The lowest BCUT2D eigenvalue weighted by molar-refractivity contribution is -0.0743. The van der Waals surface area contributed by atoms with E-state index in [4.69, 9.17) is 9.47 Å². The molecule has 2 fully saturated rings. The zero-order valence-electron chi connectivity index (χ0n) is 13.7. The molecule has 2 aliphatic heterocycles. The highest BCUT2D eigenvalue weighted by Gasteiger charge is 2.25. The standard InChI is InChI=1S/C18H22FN3O2/c19-13-1-2-17-16(11-13)18(21-12-20-17)22-7-3-14(4-8-22)24-15-5-9-23-10-6-15/h1-2,11-12,14-15H,3-10H2. The summed E-state index contributed by atoms with van der Waals surface area (Å²) in [6.07, 6.45) is 6.13. The highest BCUT2D eigenvalue weighted by Crippen LogP contribution is 2.28. The summed E-state index contributed by atoms with van der Waals surface area (Å²) < 4.78 is 25.2. The van der Waals surface area contributed by atoms with Crippen molar-refractivity contribution < 1.29 is 13.9 Å². The van der Waals surface area contributed by atoms with Crippen molar-refractivity contribution in [2.24, 2.45) is 0 Å². The number of hydrogen-bond donors (Lipinski definition) is 0. The molecule has 0 radical (unpaired) electrons. The van der Waals surface area contributed by atoms with Gasteiger partial charge >= 0.3 is 0 Å². The van der Waals surface area contributed by atoms with Crippen molar-refractivity contribution in [1.82, 2.24) is 9.97 Å². The number of ether oxygens (including phenoxy) is 2. The number of anilines is 1. The average molecular weight is 331 g/mol. The Kier molecular flexibility index (Phi) is 4.58. The van der Waals surface area contributed by atoms with E-state index in [1.54, 1.807) is 12.4 Å². The van der Waals surface area contributed by atoms with Crippen molar-refractivity contribution in [3.05, 3.63) is 30.3 Å². The number of piperidine rings is 1. The Morgan fingerprint density at radius 1 is 1.04 bits per heavy atom. The fourth-order valence-electron chi connectivity index (χ4n) is 3.56. The summed E-state index contributed by atoms with van der Waals surface area (Å²) in [4.78, 5) is 10.8. The van der Waals surface area contributed by atoms with E-state index in [2.05, 4.69) is 14.9 Å². The molecule has 1 aromatic heterocycles. The van der Waals surface area contributed by atoms with Crippen molar-refractivity contribution in [3.8, 4) is 0 Å². The fourth-order valence-corrected chi connectivity index (χ4v) is 3.56. The van der Waals surface area contributed by atoms with Gasteiger partial charge in [-0.15, -0.1) is 0 Å². The van der Waals surface area contributed by atoms with Gasteiger partial charge in [0.15, 0.2) is 0 Å². The summed E-state index contributed by atoms with van der Waals surface area (Å²) in [5.41, 5.74) is 0.780. The van der Waals surface area contributed by atoms with Gasteiger partial charge < -0.3 is 14.4 Å². The Labute approximate surface area is 140 Å². The second-order valence-electron chi connectivity index (χ2n) is 6.49. The van der Waals surface area contributed by atoms with Crippen molar-refractivity contribution in [3.63, 3.8) is 0 Å². The third kappa shape index (κ3) is 3.35. The number of nitrogens with zero attached hydrogens (tertiary/aromatic N) is 3. The van der Waals surface area contributed by atoms with E-state index in [1.165, 1.54) is 12.1 Å². The molecule has 0 saturated carbocycles. The van der Waals surface area contributed by atoms with Crippen LogP contribution >= 0.6 is 0 Å². The van der Waals surface area contributed by atoms with Crippen LogP contribution in [0.4, 0.5) is 10.2 Å². The van der Waals surface area contributed by atoms with Crippen LogP contribution in [0.1, 0.15) is 25.7 Å². The summed E-state index contributed by atoms with van der Waals surface area (Å²) in [6, 6.07) is 4.67. The molecule has 24 heavy (non-hydrogen) atoms. The highest BCUT2D eigenvalue weighted by atomic mass is 19.1. The molecule has 0 spiro atoms. The van der Waals surface area contributed by atoms with Crippen molar-refractivity contribution in [2.75, 3.05) is 31.2 Å². The molecule has 3 heterocycles. The van der Waals surface area contributed by atoms with Crippen LogP contribution in [0, 0.1) is 5.82 Å². The highest BCUT2D eigenvalue weighted by molar-refractivity contribution is 5.89. The smallest absolute Gasteiger partial charge is 0.139 e. The molecule has 1 aromatic carbocycles. The largest absolute Gasteiger partial charge is 0.381 e. The van der Waals surface area contributed by atoms with E-state index < -0.39 is 0 Å². The Morgan fingerprint density at radius 3 is 2.58 bits per heavy atom. The van der Waals surface area contributed by atoms with E-state index in [0.717, 1.165) is 68.7 Å². The molecule has 0 N–H and O–H groups in total. The first-order chi connectivity index (χ1) is 11.8. The number of fused-ring (bicyclic) bond motifs is 1. The molecule has 128 valence electrons. The minimum absolute atomic E-state index is 0.253. The van der Waals surface area contributed by atoms with E-state index >= 15 is 0 Å². The fraction of sp³-hybridized carbons (Fsp3) is 0.556. The number of halogens is 1. The summed E-state index contributed by atoms with van der Waals surface area (Å²) in [5.74, 6) is 0.570. The van der Waals surface area contributed by atoms with Crippen molar-refractivity contribution in [2.45, 2.75) is 37.9 Å². The van der Waals surface area contributed by atoms with Crippen LogP contribution in [0.3, 0.4) is 0 Å². The van der Waals surface area contributed by atoms with E-state index in [0.29, 0.717) is 12.2 Å². The maximum Gasteiger partial charge on any atom is 0.139 e. The van der Waals surface area contributed by atoms with Gasteiger partial charge in [-0.2, -0.15) is 0 Å². The van der Waals surface area contributed by atoms with Crippen LogP contribution in [0.5, 0.6) is 0 Å². The predicted octanol–water partition coefficient (Wildman–Crippen LogP) is 2.93. The Balaban J connectivity index is 1.43. The maximum absolute atomic E-state index is 13.6. The van der Waals surface area contributed by atoms with Crippen LogP contribution in [0.2, 0.25) is 0 Å². The molecule has 2 saturated heterocycles. The number of hydrogen-bond acceptors (Lipinski definition) is 5. The number of benzene rings is 1. The normalized spacial score (nSPS) is 20.6.